The van der Waals surface area contributed by atoms with Gasteiger partial charge >= 0.3 is 5.97 Å². The van der Waals surface area contributed by atoms with Gasteiger partial charge in [-0.2, -0.15) is 10.5 Å². The van der Waals surface area contributed by atoms with Gasteiger partial charge < -0.3 is 14.4 Å². The first kappa shape index (κ1) is 19.0. The Kier molecular flexibility index (Phi) is 7.25. The van der Waals surface area contributed by atoms with E-state index in [-0.39, 0.29) is 18.9 Å². The molecule has 0 saturated heterocycles. The topological polar surface area (TPSA) is 103 Å². The van der Waals surface area contributed by atoms with Crippen LogP contribution >= 0.6 is 0 Å². The van der Waals surface area contributed by atoms with Gasteiger partial charge in [-0.05, 0) is 38.1 Å². The van der Waals surface area contributed by atoms with Gasteiger partial charge in [-0.1, -0.05) is 0 Å². The lowest BCUT2D eigenvalue weighted by Crippen LogP contribution is -2.40. The fourth-order valence-electron chi connectivity index (χ4n) is 1.82. The summed E-state index contributed by atoms with van der Waals surface area (Å²) in [4.78, 5) is 25.3. The molecule has 0 unspecified atom stereocenters. The summed E-state index contributed by atoms with van der Waals surface area (Å²) in [5, 5.41) is 17.2. The van der Waals surface area contributed by atoms with Gasteiger partial charge in [-0.15, -0.1) is 0 Å². The van der Waals surface area contributed by atoms with Gasteiger partial charge in [0.15, 0.2) is 12.2 Å². The third-order valence-electron chi connectivity index (χ3n) is 3.20. The molecule has 126 valence electrons. The van der Waals surface area contributed by atoms with Gasteiger partial charge in [0.2, 0.25) is 0 Å². The maximum atomic E-state index is 12.0. The van der Waals surface area contributed by atoms with E-state index >= 15 is 0 Å². The van der Waals surface area contributed by atoms with Crippen LogP contribution in [-0.2, 0) is 14.3 Å². The molecule has 24 heavy (non-hydrogen) atoms. The first-order valence-electron chi connectivity index (χ1n) is 7.38. The zero-order chi connectivity index (χ0) is 18.1. The first-order chi connectivity index (χ1) is 11.4. The second-order valence-electron chi connectivity index (χ2n) is 5.14. The lowest BCUT2D eigenvalue weighted by molar-refractivity contribution is -0.163. The minimum atomic E-state index is -0.965. The van der Waals surface area contributed by atoms with Gasteiger partial charge in [-0.3, -0.25) is 4.79 Å². The number of ether oxygens (including phenoxy) is 2. The van der Waals surface area contributed by atoms with Crippen LogP contribution in [0.15, 0.2) is 24.3 Å². The molecule has 0 radical (unpaired) electrons. The smallest absolute Gasteiger partial charge is 0.347 e. The van der Waals surface area contributed by atoms with Crippen molar-refractivity contribution >= 4 is 11.9 Å². The summed E-state index contributed by atoms with van der Waals surface area (Å²) in [6.07, 6.45) is -1.66. The predicted octanol–water partition coefficient (Wildman–Crippen LogP) is 1.63. The monoisotopic (exact) mass is 329 g/mol. The Morgan fingerprint density at radius 3 is 2.33 bits per heavy atom. The number of hydrogen-bond donors (Lipinski definition) is 0. The van der Waals surface area contributed by atoms with E-state index in [1.807, 2.05) is 12.1 Å². The average molecular weight is 329 g/mol. The number of amides is 1. The zero-order valence-electron chi connectivity index (χ0n) is 13.9. The van der Waals surface area contributed by atoms with Crippen LogP contribution in [0.3, 0.4) is 0 Å². The number of rotatable bonds is 7. The molecule has 0 saturated carbocycles. The van der Waals surface area contributed by atoms with E-state index in [0.29, 0.717) is 11.3 Å². The van der Waals surface area contributed by atoms with Crippen LogP contribution in [0.4, 0.5) is 0 Å². The Labute approximate surface area is 141 Å². The molecular weight excluding hydrogens is 310 g/mol. The maximum absolute atomic E-state index is 12.0. The van der Waals surface area contributed by atoms with E-state index in [1.54, 1.807) is 31.3 Å². The van der Waals surface area contributed by atoms with Crippen LogP contribution in [0.2, 0.25) is 0 Å². The van der Waals surface area contributed by atoms with Crippen LogP contribution in [0, 0.1) is 22.7 Å². The molecule has 0 bridgehead atoms. The number of likely N-dealkylation sites (N-methyl/N-ethyl adjacent to an activating group) is 1. The summed E-state index contributed by atoms with van der Waals surface area (Å²) in [7, 11) is 1.54. The summed E-state index contributed by atoms with van der Waals surface area (Å²) >= 11 is 0. The van der Waals surface area contributed by atoms with Crippen molar-refractivity contribution in [2.45, 2.75) is 32.5 Å². The van der Waals surface area contributed by atoms with Crippen molar-refractivity contribution in [3.8, 4) is 17.9 Å². The van der Waals surface area contributed by atoms with E-state index in [4.69, 9.17) is 20.0 Å². The number of benzene rings is 1. The molecule has 0 aromatic heterocycles. The quantitative estimate of drug-likeness (QED) is 0.704. The number of nitrogens with zero attached hydrogens (tertiary/aromatic N) is 3. The number of carbonyl (C=O) groups excluding carboxylic acids is 2. The van der Waals surface area contributed by atoms with E-state index in [2.05, 4.69) is 0 Å². The van der Waals surface area contributed by atoms with Gasteiger partial charge in [0, 0.05) is 13.6 Å². The summed E-state index contributed by atoms with van der Waals surface area (Å²) in [6, 6.07) is 10.2. The highest BCUT2D eigenvalue weighted by Crippen LogP contribution is 2.14. The van der Waals surface area contributed by atoms with Crippen LogP contribution in [0.1, 0.15) is 25.8 Å². The SMILES string of the molecule is C[C@@H](Oc1ccc(C#N)cc1)C(=O)O[C@H](C)C(=O)N(C)CCC#N. The molecule has 1 aromatic carbocycles. The molecular formula is C17H19N3O4. The molecule has 0 aliphatic carbocycles. The third kappa shape index (κ3) is 5.62. The van der Waals surface area contributed by atoms with Crippen molar-refractivity contribution in [2.75, 3.05) is 13.6 Å². The van der Waals surface area contributed by atoms with E-state index in [1.165, 1.54) is 18.7 Å². The number of hydrogen-bond acceptors (Lipinski definition) is 6. The normalized spacial score (nSPS) is 12.2. The highest BCUT2D eigenvalue weighted by atomic mass is 16.6. The van der Waals surface area contributed by atoms with E-state index < -0.39 is 18.2 Å². The highest BCUT2D eigenvalue weighted by Gasteiger charge is 2.25. The van der Waals surface area contributed by atoms with Crippen LogP contribution in [-0.4, -0.2) is 42.6 Å². The molecule has 0 fully saturated rings. The fourth-order valence-corrected chi connectivity index (χ4v) is 1.82. The lowest BCUT2D eigenvalue weighted by Gasteiger charge is -2.22. The zero-order valence-corrected chi connectivity index (χ0v) is 13.9. The van der Waals surface area contributed by atoms with Crippen LogP contribution in [0.25, 0.3) is 0 Å². The molecule has 0 spiro atoms. The first-order valence-corrected chi connectivity index (χ1v) is 7.38. The fraction of sp³-hybridized carbons (Fsp3) is 0.412. The van der Waals surface area contributed by atoms with Crippen LogP contribution in [0.5, 0.6) is 5.75 Å². The minimum Gasteiger partial charge on any atom is -0.479 e. The van der Waals surface area contributed by atoms with Gasteiger partial charge in [0.1, 0.15) is 5.75 Å². The summed E-state index contributed by atoms with van der Waals surface area (Å²) in [5.41, 5.74) is 0.484. The molecule has 1 rings (SSSR count). The van der Waals surface area contributed by atoms with Crippen LogP contribution < -0.4 is 4.74 Å². The Morgan fingerprint density at radius 1 is 1.17 bits per heavy atom. The summed E-state index contributed by atoms with van der Waals surface area (Å²) in [6.45, 7) is 3.25. The standard InChI is InChI=1S/C17H19N3O4/c1-12(16(21)20(3)10-4-9-18)24-17(22)13(2)23-15-7-5-14(11-19)6-8-15/h5-8,12-13H,4,10H2,1-3H3/t12-,13-/m1/s1. The van der Waals surface area contributed by atoms with E-state index in [0.717, 1.165) is 0 Å². The largest absolute Gasteiger partial charge is 0.479 e. The molecule has 0 N–H and O–H groups in total. The maximum Gasteiger partial charge on any atom is 0.347 e. The van der Waals surface area contributed by atoms with Gasteiger partial charge in [0.05, 0.1) is 24.1 Å². The molecule has 1 amide bonds. The Morgan fingerprint density at radius 2 is 1.79 bits per heavy atom. The summed E-state index contributed by atoms with van der Waals surface area (Å²) in [5.74, 6) is -0.637. The molecule has 7 nitrogen and oxygen atoms in total. The second-order valence-corrected chi connectivity index (χ2v) is 5.14. The van der Waals surface area contributed by atoms with Crippen molar-refractivity contribution in [3.63, 3.8) is 0 Å². The Hall–Kier alpha value is -3.06. The lowest BCUT2D eigenvalue weighted by atomic mass is 10.2. The van der Waals surface area contributed by atoms with E-state index in [9.17, 15) is 9.59 Å². The van der Waals surface area contributed by atoms with Crippen molar-refractivity contribution in [1.29, 1.82) is 10.5 Å². The average Bonchev–Trinajstić information content (AvgIpc) is 2.59. The molecule has 0 aliphatic rings. The Balaban J connectivity index is 2.54. The van der Waals surface area contributed by atoms with Gasteiger partial charge in [0.25, 0.3) is 5.91 Å². The molecule has 0 heterocycles. The van der Waals surface area contributed by atoms with Gasteiger partial charge in [-0.25, -0.2) is 4.79 Å². The number of carbonyl (C=O) groups is 2. The number of nitriles is 2. The molecule has 2 atom stereocenters. The Bertz CT molecular complexity index is 658. The molecule has 0 aliphatic heterocycles. The van der Waals surface area contributed by atoms with Crippen molar-refractivity contribution in [2.24, 2.45) is 0 Å². The van der Waals surface area contributed by atoms with Crippen molar-refractivity contribution in [3.05, 3.63) is 29.8 Å². The summed E-state index contributed by atoms with van der Waals surface area (Å²) < 4.78 is 10.5. The number of esters is 1. The minimum absolute atomic E-state index is 0.209. The molecule has 1 aromatic rings. The van der Waals surface area contributed by atoms with Crippen molar-refractivity contribution in [1.82, 2.24) is 4.90 Å². The predicted molar refractivity (Wildman–Crippen MR) is 84.7 cm³/mol. The highest BCUT2D eigenvalue weighted by molar-refractivity contribution is 5.84. The van der Waals surface area contributed by atoms with Crippen molar-refractivity contribution < 1.29 is 19.1 Å². The molecule has 7 heteroatoms. The third-order valence-corrected chi connectivity index (χ3v) is 3.20. The second kappa shape index (κ2) is 9.16.